The summed E-state index contributed by atoms with van der Waals surface area (Å²) in [5.74, 6) is 0. The molecule has 2 nitrogen and oxygen atoms in total. The van der Waals surface area contributed by atoms with E-state index in [4.69, 9.17) is 5.11 Å². The van der Waals surface area contributed by atoms with Crippen molar-refractivity contribution in [2.75, 3.05) is 0 Å². The van der Waals surface area contributed by atoms with Crippen molar-refractivity contribution in [1.82, 2.24) is 0 Å². The molecular formula is C3H8K2O2S. The number of aliphatic hydroxyl groups is 1. The molecule has 1 N–H and O–H groups in total. The van der Waals surface area contributed by atoms with Crippen LogP contribution in [0.3, 0.4) is 0 Å². The van der Waals surface area contributed by atoms with Crippen LogP contribution in [0.15, 0.2) is 0 Å². The maximum atomic E-state index is 9.76. The van der Waals surface area contributed by atoms with Gasteiger partial charge in [-0.2, -0.15) is 0 Å². The van der Waals surface area contributed by atoms with Gasteiger partial charge in [0.05, 0.1) is 0 Å². The molecule has 0 radical (unpaired) electrons. The first-order valence-electron chi connectivity index (χ1n) is 1.55. The normalized spacial score (nSPS) is 10.4. The minimum absolute atomic E-state index is 0. The number of hydrogen-bond donors (Lipinski definition) is 2. The molecule has 0 aliphatic rings. The van der Waals surface area contributed by atoms with Gasteiger partial charge in [-0.3, -0.25) is 4.79 Å². The molecular weight excluding hydrogens is 178 g/mol. The van der Waals surface area contributed by atoms with Crippen molar-refractivity contribution in [3.05, 3.63) is 0 Å². The van der Waals surface area contributed by atoms with Crippen LogP contribution in [0.1, 0.15) is 6.92 Å². The van der Waals surface area contributed by atoms with Crippen molar-refractivity contribution >= 4 is 121 Å². The molecule has 5 heteroatoms. The standard InChI is InChI=1S/C3H6O2S.2K.2H/c1-2(4)3(5)6;;;;/h2,4H,1H3,(H,5,6);;;;. The summed E-state index contributed by atoms with van der Waals surface area (Å²) in [7, 11) is 0. The Labute approximate surface area is 139 Å². The van der Waals surface area contributed by atoms with Crippen LogP contribution >= 0.6 is 12.6 Å². The number of carbonyl (C=O) groups excluding carboxylic acids is 1. The van der Waals surface area contributed by atoms with Crippen molar-refractivity contribution in [1.29, 1.82) is 0 Å². The molecule has 0 rings (SSSR count). The minimum atomic E-state index is -0.923. The molecule has 0 saturated heterocycles. The summed E-state index contributed by atoms with van der Waals surface area (Å²) in [4.78, 5) is 9.76. The Morgan fingerprint density at radius 1 is 1.62 bits per heavy atom. The van der Waals surface area contributed by atoms with Crippen LogP contribution in [0.4, 0.5) is 0 Å². The van der Waals surface area contributed by atoms with Crippen LogP contribution in [0, 0.1) is 0 Å². The number of thiol groups is 1. The molecule has 0 aromatic heterocycles. The number of aliphatic hydroxyl groups excluding tert-OH is 1. The van der Waals surface area contributed by atoms with Crippen LogP contribution in [0.2, 0.25) is 0 Å². The Morgan fingerprint density at radius 2 is 1.75 bits per heavy atom. The van der Waals surface area contributed by atoms with Crippen LogP contribution in [0.25, 0.3) is 0 Å². The van der Waals surface area contributed by atoms with E-state index in [1.807, 2.05) is 0 Å². The summed E-state index contributed by atoms with van der Waals surface area (Å²) in [5.41, 5.74) is 0. The topological polar surface area (TPSA) is 37.3 Å². The first-order chi connectivity index (χ1) is 2.64. The Balaban J connectivity index is -0.000000125. The van der Waals surface area contributed by atoms with E-state index in [1.165, 1.54) is 6.92 Å². The van der Waals surface area contributed by atoms with Gasteiger partial charge in [0.25, 0.3) is 0 Å². The molecule has 8 heavy (non-hydrogen) atoms. The van der Waals surface area contributed by atoms with Gasteiger partial charge in [0.15, 0.2) is 0 Å². The number of hydrogen-bond acceptors (Lipinski definition) is 2. The van der Waals surface area contributed by atoms with Gasteiger partial charge in [0.2, 0.25) is 5.12 Å². The Kier molecular flexibility index (Phi) is 22.3. The van der Waals surface area contributed by atoms with Gasteiger partial charge in [0.1, 0.15) is 6.10 Å². The third kappa shape index (κ3) is 12.0. The Bertz CT molecular complexity index is 66.3. The van der Waals surface area contributed by atoms with E-state index in [0.29, 0.717) is 0 Å². The van der Waals surface area contributed by atoms with Crippen LogP contribution < -0.4 is 0 Å². The molecule has 0 amide bonds. The molecule has 0 saturated carbocycles. The molecule has 1 atom stereocenters. The van der Waals surface area contributed by atoms with Gasteiger partial charge in [0, 0.05) is 0 Å². The first-order valence-corrected chi connectivity index (χ1v) is 2.00. The van der Waals surface area contributed by atoms with E-state index in [2.05, 4.69) is 12.6 Å². The summed E-state index contributed by atoms with van der Waals surface area (Å²) in [6.45, 7) is 1.37. The molecule has 0 aliphatic carbocycles. The van der Waals surface area contributed by atoms with E-state index in [-0.39, 0.29) is 103 Å². The molecule has 0 spiro atoms. The number of rotatable bonds is 1. The fraction of sp³-hybridized carbons (Fsp3) is 0.667. The van der Waals surface area contributed by atoms with Crippen molar-refractivity contribution in [3.63, 3.8) is 0 Å². The molecule has 1 unspecified atom stereocenters. The fourth-order valence-corrected chi connectivity index (χ4v) is 0. The fourth-order valence-electron chi connectivity index (χ4n) is 0. The molecule has 0 fully saturated rings. The van der Waals surface area contributed by atoms with Gasteiger partial charge >= 0.3 is 103 Å². The average Bonchev–Trinajstić information content (AvgIpc) is 1.36. The van der Waals surface area contributed by atoms with Gasteiger partial charge in [-0.15, -0.1) is 12.6 Å². The third-order valence-corrected chi connectivity index (χ3v) is 0.731. The predicted octanol–water partition coefficient (Wildman–Crippen LogP) is -1.47. The van der Waals surface area contributed by atoms with Crippen LogP contribution in [-0.2, 0) is 4.79 Å². The molecule has 0 aromatic carbocycles. The van der Waals surface area contributed by atoms with E-state index in [0.717, 1.165) is 0 Å². The second-order valence-corrected chi connectivity index (χ2v) is 1.45. The van der Waals surface area contributed by atoms with Crippen molar-refractivity contribution in [2.24, 2.45) is 0 Å². The Hall–Kier alpha value is 3.25. The summed E-state index contributed by atoms with van der Waals surface area (Å²) in [6, 6.07) is 0. The predicted molar refractivity (Wildman–Crippen MR) is 40.0 cm³/mol. The zero-order chi connectivity index (χ0) is 5.15. The molecule has 0 aromatic rings. The van der Waals surface area contributed by atoms with Crippen LogP contribution in [-0.4, -0.2) is 119 Å². The van der Waals surface area contributed by atoms with Gasteiger partial charge in [-0.1, -0.05) is 0 Å². The van der Waals surface area contributed by atoms with E-state index < -0.39 is 11.2 Å². The molecule has 0 bridgehead atoms. The maximum absolute atomic E-state index is 9.76. The summed E-state index contributed by atoms with van der Waals surface area (Å²) < 4.78 is 0. The SMILES string of the molecule is CC(O)C(=O)S.[KH].[KH]. The number of carbonyl (C=O) groups is 1. The monoisotopic (exact) mass is 186 g/mol. The van der Waals surface area contributed by atoms with Crippen LogP contribution in [0.5, 0.6) is 0 Å². The molecule has 0 heterocycles. The van der Waals surface area contributed by atoms with Gasteiger partial charge in [-0.05, 0) is 6.92 Å². The summed E-state index contributed by atoms with van der Waals surface area (Å²) in [6.07, 6.45) is -0.923. The second-order valence-electron chi connectivity index (χ2n) is 1.01. The average molecular weight is 186 g/mol. The zero-order valence-electron chi connectivity index (χ0n) is 3.38. The van der Waals surface area contributed by atoms with E-state index >= 15 is 0 Å². The van der Waals surface area contributed by atoms with Gasteiger partial charge < -0.3 is 5.11 Å². The quantitative estimate of drug-likeness (QED) is 0.387. The third-order valence-electron chi connectivity index (χ3n) is 0.357. The van der Waals surface area contributed by atoms with Crippen molar-refractivity contribution < 1.29 is 9.90 Å². The van der Waals surface area contributed by atoms with Gasteiger partial charge in [-0.25, -0.2) is 0 Å². The second kappa shape index (κ2) is 10.3. The van der Waals surface area contributed by atoms with E-state index in [9.17, 15) is 4.79 Å². The Morgan fingerprint density at radius 3 is 1.75 bits per heavy atom. The summed E-state index contributed by atoms with van der Waals surface area (Å²) in [5, 5.41) is 7.71. The molecule has 0 aliphatic heterocycles. The summed E-state index contributed by atoms with van der Waals surface area (Å²) >= 11 is 3.30. The van der Waals surface area contributed by atoms with Crippen molar-refractivity contribution in [3.8, 4) is 0 Å². The molecule has 40 valence electrons. The van der Waals surface area contributed by atoms with Crippen molar-refractivity contribution in [2.45, 2.75) is 13.0 Å². The first kappa shape index (κ1) is 17.4. The zero-order valence-corrected chi connectivity index (χ0v) is 4.27. The van der Waals surface area contributed by atoms with E-state index in [1.54, 1.807) is 0 Å².